The predicted molar refractivity (Wildman–Crippen MR) is 73.9 cm³/mol. The zero-order chi connectivity index (χ0) is 14.1. The number of hydrogen-bond donors (Lipinski definition) is 2. The fourth-order valence-electron chi connectivity index (χ4n) is 3.75. The molecule has 0 aromatic heterocycles. The van der Waals surface area contributed by atoms with Crippen LogP contribution in [0.5, 0.6) is 0 Å². The summed E-state index contributed by atoms with van der Waals surface area (Å²) < 4.78 is 0. The third-order valence-electron chi connectivity index (χ3n) is 4.74. The number of carboxylic acid groups (broad SMARTS) is 1. The molecular weight excluding hydrogens is 254 g/mol. The molecule has 0 spiro atoms. The van der Waals surface area contributed by atoms with Crippen LogP contribution in [-0.4, -0.2) is 17.0 Å². The Morgan fingerprint density at radius 2 is 1.90 bits per heavy atom. The van der Waals surface area contributed by atoms with Gasteiger partial charge in [0.1, 0.15) is 0 Å². The van der Waals surface area contributed by atoms with Gasteiger partial charge in [0.25, 0.3) is 0 Å². The first-order valence-corrected chi connectivity index (χ1v) is 7.23. The second-order valence-electron chi connectivity index (χ2n) is 5.97. The Labute approximate surface area is 118 Å². The first-order valence-electron chi connectivity index (χ1n) is 7.23. The van der Waals surface area contributed by atoms with E-state index >= 15 is 0 Å². The maximum absolute atomic E-state index is 12.3. The lowest BCUT2D eigenvalue weighted by Crippen LogP contribution is -2.39. The van der Waals surface area contributed by atoms with E-state index in [-0.39, 0.29) is 11.8 Å². The van der Waals surface area contributed by atoms with Crippen LogP contribution in [0.3, 0.4) is 0 Å². The van der Waals surface area contributed by atoms with Crippen LogP contribution in [0.25, 0.3) is 0 Å². The van der Waals surface area contributed by atoms with Crippen LogP contribution >= 0.6 is 0 Å². The fraction of sp³-hybridized carbons (Fsp3) is 0.500. The summed E-state index contributed by atoms with van der Waals surface area (Å²) in [6.45, 7) is 0. The van der Waals surface area contributed by atoms with E-state index in [9.17, 15) is 14.7 Å². The summed E-state index contributed by atoms with van der Waals surface area (Å²) in [6, 6.07) is 7.94. The molecule has 1 aromatic carbocycles. The van der Waals surface area contributed by atoms with Gasteiger partial charge in [-0.15, -0.1) is 0 Å². The number of nitrogens with one attached hydrogen (secondary N) is 1. The van der Waals surface area contributed by atoms with Crippen molar-refractivity contribution >= 4 is 11.9 Å². The van der Waals surface area contributed by atoms with Gasteiger partial charge in [-0.05, 0) is 36.7 Å². The van der Waals surface area contributed by atoms with Crippen LogP contribution in [0.2, 0.25) is 0 Å². The minimum Gasteiger partial charge on any atom is -0.479 e. The van der Waals surface area contributed by atoms with E-state index in [1.165, 1.54) is 6.42 Å². The summed E-state index contributed by atoms with van der Waals surface area (Å²) in [5.41, 5.74) is 0.622. The maximum atomic E-state index is 12.3. The molecule has 4 atom stereocenters. The van der Waals surface area contributed by atoms with E-state index in [1.54, 1.807) is 24.3 Å². The zero-order valence-electron chi connectivity index (χ0n) is 11.3. The molecule has 20 heavy (non-hydrogen) atoms. The third kappa shape index (κ3) is 2.42. The zero-order valence-corrected chi connectivity index (χ0v) is 11.3. The van der Waals surface area contributed by atoms with Crippen molar-refractivity contribution in [1.29, 1.82) is 0 Å². The van der Waals surface area contributed by atoms with Gasteiger partial charge in [0, 0.05) is 5.92 Å². The topological polar surface area (TPSA) is 66.4 Å². The Kier molecular flexibility index (Phi) is 3.47. The highest BCUT2D eigenvalue weighted by Gasteiger charge is 2.43. The van der Waals surface area contributed by atoms with Gasteiger partial charge in [-0.1, -0.05) is 36.8 Å². The number of carboxylic acids is 1. The van der Waals surface area contributed by atoms with Crippen LogP contribution < -0.4 is 5.32 Å². The Bertz CT molecular complexity index is 514. The van der Waals surface area contributed by atoms with E-state index in [4.69, 9.17) is 0 Å². The molecule has 2 fully saturated rings. The summed E-state index contributed by atoms with van der Waals surface area (Å²) in [7, 11) is 0. The number of amides is 1. The van der Waals surface area contributed by atoms with Gasteiger partial charge in [-0.2, -0.15) is 0 Å². The normalized spacial score (nSPS) is 29.1. The molecule has 0 aliphatic heterocycles. The summed E-state index contributed by atoms with van der Waals surface area (Å²) in [5.74, 6) is 0.0569. The minimum absolute atomic E-state index is 0.0133. The van der Waals surface area contributed by atoms with E-state index in [0.29, 0.717) is 17.4 Å². The highest BCUT2D eigenvalue weighted by atomic mass is 16.4. The van der Waals surface area contributed by atoms with Gasteiger partial charge in [-0.25, -0.2) is 4.79 Å². The molecule has 2 bridgehead atoms. The molecule has 4 nitrogen and oxygen atoms in total. The average molecular weight is 273 g/mol. The number of benzene rings is 1. The van der Waals surface area contributed by atoms with Crippen molar-refractivity contribution in [3.8, 4) is 0 Å². The molecule has 4 heteroatoms. The standard InChI is InChI=1S/C16H19NO3/c18-15(13-9-10-6-7-12(13)8-10)17-14(16(19)20)11-4-2-1-3-5-11/h1-5,10,12-14H,6-9H2,(H,17,18)(H,19,20)/t10?,12?,13?,14-/m1/s1. The molecule has 0 radical (unpaired) electrons. The van der Waals surface area contributed by atoms with Crippen molar-refractivity contribution in [2.75, 3.05) is 0 Å². The lowest BCUT2D eigenvalue weighted by atomic mass is 9.88. The molecule has 2 aliphatic carbocycles. The molecule has 2 N–H and O–H groups in total. The number of carbonyl (C=O) groups excluding carboxylic acids is 1. The third-order valence-corrected chi connectivity index (χ3v) is 4.74. The Morgan fingerprint density at radius 3 is 2.45 bits per heavy atom. The van der Waals surface area contributed by atoms with Crippen LogP contribution in [0.1, 0.15) is 37.3 Å². The summed E-state index contributed by atoms with van der Waals surface area (Å²) in [6.07, 6.45) is 4.42. The lowest BCUT2D eigenvalue weighted by Gasteiger charge is -2.23. The Hall–Kier alpha value is -1.84. The van der Waals surface area contributed by atoms with Crippen molar-refractivity contribution in [3.05, 3.63) is 35.9 Å². The van der Waals surface area contributed by atoms with E-state index < -0.39 is 12.0 Å². The number of hydrogen-bond acceptors (Lipinski definition) is 2. The van der Waals surface area contributed by atoms with Gasteiger partial charge in [-0.3, -0.25) is 4.79 Å². The van der Waals surface area contributed by atoms with Crippen molar-refractivity contribution < 1.29 is 14.7 Å². The maximum Gasteiger partial charge on any atom is 0.330 e. The van der Waals surface area contributed by atoms with Crippen molar-refractivity contribution in [1.82, 2.24) is 5.32 Å². The van der Waals surface area contributed by atoms with E-state index in [1.807, 2.05) is 6.07 Å². The molecule has 3 unspecified atom stereocenters. The van der Waals surface area contributed by atoms with Gasteiger partial charge in [0.05, 0.1) is 0 Å². The predicted octanol–water partition coefficient (Wildman–Crippen LogP) is 2.36. The van der Waals surface area contributed by atoms with Gasteiger partial charge < -0.3 is 10.4 Å². The van der Waals surface area contributed by atoms with Crippen molar-refractivity contribution in [2.24, 2.45) is 17.8 Å². The molecule has 0 saturated heterocycles. The SMILES string of the molecule is O=C(N[C@@H](C(=O)O)c1ccccc1)C1CC2CCC1C2. The summed E-state index contributed by atoms with van der Waals surface area (Å²) in [4.78, 5) is 23.7. The average Bonchev–Trinajstić information content (AvgIpc) is 3.07. The Balaban J connectivity index is 1.71. The highest BCUT2D eigenvalue weighted by Crippen LogP contribution is 2.48. The van der Waals surface area contributed by atoms with Gasteiger partial charge in [0.2, 0.25) is 5.91 Å². The van der Waals surface area contributed by atoms with E-state index in [2.05, 4.69) is 5.32 Å². The monoisotopic (exact) mass is 273 g/mol. The first kappa shape index (κ1) is 13.2. The number of rotatable bonds is 4. The van der Waals surface area contributed by atoms with Crippen LogP contribution in [-0.2, 0) is 9.59 Å². The highest BCUT2D eigenvalue weighted by molar-refractivity contribution is 5.86. The van der Waals surface area contributed by atoms with Crippen LogP contribution in [0.4, 0.5) is 0 Å². The number of carbonyl (C=O) groups is 2. The van der Waals surface area contributed by atoms with Crippen LogP contribution in [0.15, 0.2) is 30.3 Å². The summed E-state index contributed by atoms with van der Waals surface area (Å²) >= 11 is 0. The quantitative estimate of drug-likeness (QED) is 0.885. The summed E-state index contributed by atoms with van der Waals surface area (Å²) in [5, 5.41) is 12.1. The van der Waals surface area contributed by atoms with Crippen molar-refractivity contribution in [3.63, 3.8) is 0 Å². The second-order valence-corrected chi connectivity index (χ2v) is 5.97. The molecule has 2 aliphatic rings. The molecule has 3 rings (SSSR count). The van der Waals surface area contributed by atoms with Crippen LogP contribution in [0, 0.1) is 17.8 Å². The fourth-order valence-corrected chi connectivity index (χ4v) is 3.75. The van der Waals surface area contributed by atoms with E-state index in [0.717, 1.165) is 19.3 Å². The molecule has 106 valence electrons. The first-order chi connectivity index (χ1) is 9.65. The molecule has 2 saturated carbocycles. The van der Waals surface area contributed by atoms with Gasteiger partial charge in [0.15, 0.2) is 6.04 Å². The van der Waals surface area contributed by atoms with Crippen molar-refractivity contribution in [2.45, 2.75) is 31.7 Å². The smallest absolute Gasteiger partial charge is 0.330 e. The van der Waals surface area contributed by atoms with Gasteiger partial charge >= 0.3 is 5.97 Å². The number of fused-ring (bicyclic) bond motifs is 2. The molecule has 0 heterocycles. The molecule has 1 amide bonds. The lowest BCUT2D eigenvalue weighted by molar-refractivity contribution is -0.143. The number of aliphatic carboxylic acids is 1. The molecule has 1 aromatic rings. The second kappa shape index (κ2) is 5.27. The minimum atomic E-state index is -1.01. The largest absolute Gasteiger partial charge is 0.479 e. The molecular formula is C16H19NO3. The Morgan fingerprint density at radius 1 is 1.15 bits per heavy atom.